The summed E-state index contributed by atoms with van der Waals surface area (Å²) in [7, 11) is 0. The Morgan fingerprint density at radius 3 is 0.409 bits per heavy atom. The summed E-state index contributed by atoms with van der Waals surface area (Å²) in [6, 6.07) is 0. The van der Waals surface area contributed by atoms with E-state index in [-0.39, 0.29) is 177 Å². The van der Waals surface area contributed by atoms with E-state index in [9.17, 15) is 24.0 Å². The third kappa shape index (κ3) is 127. The molecule has 0 aromatic heterocycles. The van der Waals surface area contributed by atoms with Crippen LogP contribution in [-0.4, -0.2) is 233 Å². The first-order valence-corrected chi connectivity index (χ1v) is 24.9. The van der Waals surface area contributed by atoms with Gasteiger partial charge in [0.1, 0.15) is 0 Å². The molecule has 372 valence electrons. The molecule has 0 unspecified atom stereocenters. The molecule has 16 heteroatoms. The van der Waals surface area contributed by atoms with Gasteiger partial charge in [0, 0.05) is 32.1 Å². The molecule has 0 bridgehead atoms. The molecule has 0 aliphatic carbocycles. The summed E-state index contributed by atoms with van der Waals surface area (Å²) in [6.07, 6.45) is 43.6. The van der Waals surface area contributed by atoms with E-state index in [2.05, 4.69) is 34.6 Å². The average Bonchev–Trinajstić information content (AvgIpc) is 3.19. The van der Waals surface area contributed by atoms with E-state index in [4.69, 9.17) is 25.5 Å². The van der Waals surface area contributed by atoms with Crippen molar-refractivity contribution in [3.05, 3.63) is 0 Å². The van der Waals surface area contributed by atoms with Gasteiger partial charge >= 0.3 is 207 Å². The molecule has 0 aromatic carbocycles. The minimum absolute atomic E-state index is 0. The molecule has 0 atom stereocenters. The van der Waals surface area contributed by atoms with Gasteiger partial charge in [-0.3, -0.25) is 24.0 Å². The standard InChI is InChI=1S/C14H28O2.C12H24O2.C10H20O2.C8H16O2.C6H12O2.6Na.6H/c1-2-3-4-5-6-7-8-9-10-11-12-13-14(15)16;1-2-3-4-5-6-7-8-9-10-11-12(13)14;1-2-3-4-5-6-7-8-9-10(11)12;1-2-3-4-5-6-7-8(9)10;1-2-3-4-5-6(7)8;;;;;;;;;;;;/h2-13H2,1H3,(H,15,16);2-11H2,1H3,(H,13,14);2-9H2,1H3,(H,11,12);2-7H2,1H3,(H,9,10);2-5H2,1H3,(H,7,8);;;;;;;;;;;;. The Morgan fingerprint density at radius 1 is 0.197 bits per heavy atom. The van der Waals surface area contributed by atoms with Crippen molar-refractivity contribution in [2.45, 2.75) is 291 Å². The molecule has 5 N–H and O–H groups in total. The van der Waals surface area contributed by atoms with Gasteiger partial charge in [-0.2, -0.15) is 0 Å². The van der Waals surface area contributed by atoms with Crippen LogP contribution >= 0.6 is 0 Å². The predicted octanol–water partition coefficient (Wildman–Crippen LogP) is 12.2. The van der Waals surface area contributed by atoms with Crippen molar-refractivity contribution in [3.8, 4) is 0 Å². The van der Waals surface area contributed by atoms with Gasteiger partial charge < -0.3 is 25.5 Å². The van der Waals surface area contributed by atoms with E-state index in [1.165, 1.54) is 154 Å². The summed E-state index contributed by atoms with van der Waals surface area (Å²) >= 11 is 0. The first-order valence-electron chi connectivity index (χ1n) is 24.9. The number of hydrogen-bond donors (Lipinski definition) is 5. The predicted molar refractivity (Wildman–Crippen MR) is 294 cm³/mol. The van der Waals surface area contributed by atoms with Crippen LogP contribution in [0.2, 0.25) is 0 Å². The molecule has 0 heterocycles. The van der Waals surface area contributed by atoms with Gasteiger partial charge in [0.05, 0.1) is 0 Å². The van der Waals surface area contributed by atoms with Crippen LogP contribution in [0.25, 0.3) is 0 Å². The van der Waals surface area contributed by atoms with E-state index >= 15 is 0 Å². The van der Waals surface area contributed by atoms with Gasteiger partial charge in [0.2, 0.25) is 0 Å². The van der Waals surface area contributed by atoms with E-state index in [0.29, 0.717) is 32.1 Å². The van der Waals surface area contributed by atoms with Crippen LogP contribution in [0, 0.1) is 0 Å². The first kappa shape index (κ1) is 95.2. The Bertz CT molecular complexity index is 906. The Morgan fingerprint density at radius 2 is 0.288 bits per heavy atom. The topological polar surface area (TPSA) is 186 Å². The van der Waals surface area contributed by atoms with Crippen LogP contribution in [0.15, 0.2) is 0 Å². The van der Waals surface area contributed by atoms with E-state index in [1.54, 1.807) is 0 Å². The van der Waals surface area contributed by atoms with Crippen molar-refractivity contribution in [1.29, 1.82) is 0 Å². The van der Waals surface area contributed by atoms with Crippen LogP contribution in [0.3, 0.4) is 0 Å². The molecule has 0 aliphatic rings. The molecule has 0 fully saturated rings. The van der Waals surface area contributed by atoms with E-state index < -0.39 is 29.8 Å². The summed E-state index contributed by atoms with van der Waals surface area (Å²) in [5.74, 6) is -3.33. The Labute approximate surface area is 540 Å². The molecular weight excluding hydrogens is 898 g/mol. The molecule has 0 rings (SSSR count). The second-order valence-corrected chi connectivity index (χ2v) is 16.3. The van der Waals surface area contributed by atoms with E-state index in [0.717, 1.165) is 70.6 Å². The minimum atomic E-state index is -0.682. The molecule has 0 radical (unpaired) electrons. The summed E-state index contributed by atoms with van der Waals surface area (Å²) in [6.45, 7) is 10.9. The fourth-order valence-electron chi connectivity index (χ4n) is 6.17. The van der Waals surface area contributed by atoms with Crippen molar-refractivity contribution in [3.63, 3.8) is 0 Å². The zero-order valence-electron chi connectivity index (χ0n) is 40.1. The number of carbonyl (C=O) groups is 5. The maximum atomic E-state index is 10.3. The molecule has 0 aliphatic heterocycles. The number of unbranched alkanes of at least 4 members (excludes halogenated alkanes) is 30. The normalized spacial score (nSPS) is 9.17. The van der Waals surface area contributed by atoms with Crippen LogP contribution in [0.4, 0.5) is 0 Å². The van der Waals surface area contributed by atoms with Crippen molar-refractivity contribution in [2.24, 2.45) is 0 Å². The Kier molecular flexibility index (Phi) is 131. The SMILES string of the molecule is CCCCCC(=O)O.CCCCCCCC(=O)O.CCCCCCCCCC(=O)O.CCCCCCCCCCCC(=O)O.CCCCCCCCCCCCCC(=O)O.[NaH].[NaH].[NaH].[NaH].[NaH].[NaH]. The molecule has 0 saturated carbocycles. The van der Waals surface area contributed by atoms with Crippen LogP contribution in [0.5, 0.6) is 0 Å². The van der Waals surface area contributed by atoms with Gasteiger partial charge in [0.15, 0.2) is 0 Å². The molecular formula is C50H106Na6O10. The van der Waals surface area contributed by atoms with Gasteiger partial charge in [-0.1, -0.05) is 227 Å². The number of rotatable bonds is 40. The first-order chi connectivity index (χ1) is 28.9. The number of carboxylic acids is 5. The summed E-state index contributed by atoms with van der Waals surface area (Å²) in [5.41, 5.74) is 0. The van der Waals surface area contributed by atoms with Crippen LogP contribution in [0.1, 0.15) is 291 Å². The second-order valence-electron chi connectivity index (χ2n) is 16.3. The molecule has 0 saturated heterocycles. The summed E-state index contributed by atoms with van der Waals surface area (Å²) in [4.78, 5) is 50.5. The Balaban J connectivity index is -0.0000000633. The fraction of sp³-hybridized carbons (Fsp3) is 0.900. The average molecular weight is 1010 g/mol. The second kappa shape index (κ2) is 91.1. The van der Waals surface area contributed by atoms with Gasteiger partial charge in [-0.05, 0) is 32.1 Å². The third-order valence-corrected chi connectivity index (χ3v) is 9.97. The van der Waals surface area contributed by atoms with Crippen LogP contribution in [-0.2, 0) is 24.0 Å². The van der Waals surface area contributed by atoms with Crippen LogP contribution < -0.4 is 0 Å². The van der Waals surface area contributed by atoms with Crippen molar-refractivity contribution >= 4 is 207 Å². The van der Waals surface area contributed by atoms with Gasteiger partial charge in [-0.15, -0.1) is 0 Å². The molecule has 0 spiro atoms. The summed E-state index contributed by atoms with van der Waals surface area (Å²) in [5, 5.41) is 41.6. The quantitative estimate of drug-likeness (QED) is 0.0292. The van der Waals surface area contributed by atoms with Gasteiger partial charge in [0.25, 0.3) is 0 Å². The monoisotopic (exact) mass is 1000 g/mol. The third-order valence-electron chi connectivity index (χ3n) is 9.97. The molecule has 66 heavy (non-hydrogen) atoms. The zero-order valence-corrected chi connectivity index (χ0v) is 40.1. The zero-order chi connectivity index (χ0) is 46.2. The van der Waals surface area contributed by atoms with Crippen molar-refractivity contribution in [1.82, 2.24) is 0 Å². The van der Waals surface area contributed by atoms with Gasteiger partial charge in [-0.25, -0.2) is 0 Å². The number of carboxylic acid groups (broad SMARTS) is 5. The fourth-order valence-corrected chi connectivity index (χ4v) is 6.17. The molecule has 0 amide bonds. The molecule has 0 aromatic rings. The number of hydrogen-bond acceptors (Lipinski definition) is 5. The van der Waals surface area contributed by atoms with E-state index in [1.807, 2.05) is 0 Å². The molecule has 10 nitrogen and oxygen atoms in total. The Hall–Kier alpha value is 3.35. The van der Waals surface area contributed by atoms with Crippen molar-refractivity contribution in [2.75, 3.05) is 0 Å². The van der Waals surface area contributed by atoms with Crippen molar-refractivity contribution < 1.29 is 49.5 Å². The number of aliphatic carboxylic acids is 5. The summed E-state index contributed by atoms with van der Waals surface area (Å²) < 4.78 is 0. The maximum absolute atomic E-state index is 10.3.